The van der Waals surface area contributed by atoms with Crippen molar-refractivity contribution >= 4 is 17.7 Å². The highest BCUT2D eigenvalue weighted by Crippen LogP contribution is 2.33. The van der Waals surface area contributed by atoms with E-state index in [-0.39, 0.29) is 17.2 Å². The van der Waals surface area contributed by atoms with Crippen LogP contribution >= 0.6 is 0 Å². The van der Waals surface area contributed by atoms with Crippen LogP contribution in [0, 0.1) is 17.2 Å². The van der Waals surface area contributed by atoms with Crippen LogP contribution in [0.15, 0.2) is 11.3 Å². The van der Waals surface area contributed by atoms with Crippen molar-refractivity contribution in [3.63, 3.8) is 0 Å². The van der Waals surface area contributed by atoms with E-state index < -0.39 is 17.9 Å². The van der Waals surface area contributed by atoms with E-state index in [1.807, 2.05) is 0 Å². The molecule has 0 aromatic heterocycles. The first-order valence-corrected chi connectivity index (χ1v) is 5.22. The summed E-state index contributed by atoms with van der Waals surface area (Å²) in [5.41, 5.74) is 0.0143. The summed E-state index contributed by atoms with van der Waals surface area (Å²) < 4.78 is 0. The fourth-order valence-electron chi connectivity index (χ4n) is 2.13. The van der Waals surface area contributed by atoms with Gasteiger partial charge in [-0.05, 0) is 12.3 Å². The predicted molar refractivity (Wildman–Crippen MR) is 61.0 cm³/mol. The van der Waals surface area contributed by atoms with Crippen molar-refractivity contribution in [3.8, 4) is 0 Å². The zero-order valence-electron chi connectivity index (χ0n) is 10.0. The third kappa shape index (κ3) is 2.30. The molecule has 2 atom stereocenters. The summed E-state index contributed by atoms with van der Waals surface area (Å²) >= 11 is 0. The van der Waals surface area contributed by atoms with Crippen LogP contribution < -0.4 is 0 Å². The van der Waals surface area contributed by atoms with Gasteiger partial charge in [-0.3, -0.25) is 4.79 Å². The lowest BCUT2D eigenvalue weighted by molar-refractivity contribution is -0.140. The Hall–Kier alpha value is -1.85. The molecule has 0 heterocycles. The summed E-state index contributed by atoms with van der Waals surface area (Å²) in [7, 11) is 3.39. The van der Waals surface area contributed by atoms with Gasteiger partial charge in [-0.25, -0.2) is 4.79 Å². The first kappa shape index (κ1) is 13.2. The summed E-state index contributed by atoms with van der Waals surface area (Å²) in [4.78, 5) is 23.8. The second kappa shape index (κ2) is 4.57. The minimum atomic E-state index is -1.24. The second-order valence-electron chi connectivity index (χ2n) is 4.43. The Balaban J connectivity index is 3.31. The van der Waals surface area contributed by atoms with Crippen molar-refractivity contribution in [3.05, 3.63) is 11.3 Å². The van der Waals surface area contributed by atoms with Crippen LogP contribution in [0.3, 0.4) is 0 Å². The van der Waals surface area contributed by atoms with E-state index in [0.717, 1.165) is 0 Å². The molecular weight excluding hydrogens is 224 g/mol. The van der Waals surface area contributed by atoms with E-state index in [1.54, 1.807) is 25.9 Å². The molecule has 0 aromatic rings. The maximum absolute atomic E-state index is 11.1. The molecule has 1 aliphatic carbocycles. The van der Waals surface area contributed by atoms with Gasteiger partial charge in [-0.1, -0.05) is 6.92 Å². The van der Waals surface area contributed by atoms with Gasteiger partial charge in [0.05, 0.1) is 5.71 Å². The van der Waals surface area contributed by atoms with Crippen LogP contribution in [0.25, 0.3) is 0 Å². The molecule has 0 spiro atoms. The molecule has 0 radical (unpaired) electrons. The summed E-state index contributed by atoms with van der Waals surface area (Å²) in [5, 5.41) is 25.9. The number of allylic oxidation sites excluding steroid dienone is 1. The molecule has 0 amide bonds. The highest BCUT2D eigenvalue weighted by molar-refractivity contribution is 6.24. The van der Waals surface area contributed by atoms with Gasteiger partial charge < -0.3 is 20.5 Å². The zero-order valence-corrected chi connectivity index (χ0v) is 10.0. The molecule has 0 saturated heterocycles. The lowest BCUT2D eigenvalue weighted by atomic mass is 9.77. The Labute approximate surface area is 99.0 Å². The summed E-state index contributed by atoms with van der Waals surface area (Å²) in [6.07, 6.45) is 0.355. The maximum atomic E-state index is 11.1. The highest BCUT2D eigenvalue weighted by atomic mass is 16.4. The number of rotatable bonds is 3. The fraction of sp³-hybridized carbons (Fsp3) is 0.545. The van der Waals surface area contributed by atoms with Gasteiger partial charge in [0.15, 0.2) is 0 Å². The van der Waals surface area contributed by atoms with E-state index in [0.29, 0.717) is 12.1 Å². The normalized spacial score (nSPS) is 24.8. The Morgan fingerprint density at radius 3 is 2.24 bits per heavy atom. The number of nitrogens with zero attached hydrogens (tertiary/aromatic N) is 1. The molecule has 1 aliphatic rings. The smallest absolute Gasteiger partial charge is 0.339 e. The van der Waals surface area contributed by atoms with E-state index in [4.69, 9.17) is 15.6 Å². The van der Waals surface area contributed by atoms with E-state index in [2.05, 4.69) is 0 Å². The number of nitrogens with one attached hydrogen (secondary N) is 1. The molecule has 0 saturated carbocycles. The molecule has 94 valence electrons. The molecular formula is C11H16N2O4. The average molecular weight is 240 g/mol. The van der Waals surface area contributed by atoms with Crippen molar-refractivity contribution in [2.75, 3.05) is 14.1 Å². The summed E-state index contributed by atoms with van der Waals surface area (Å²) in [5.74, 6) is -3.69. The van der Waals surface area contributed by atoms with Crippen LogP contribution in [-0.2, 0) is 9.59 Å². The topological polar surface area (TPSA) is 102 Å². The molecule has 17 heavy (non-hydrogen) atoms. The van der Waals surface area contributed by atoms with E-state index in [1.165, 1.54) is 0 Å². The van der Waals surface area contributed by atoms with Crippen molar-refractivity contribution in [2.24, 2.45) is 11.8 Å². The standard InChI is InChI=1S/C11H16N2O4/c1-5-4-6(13(2)3)8(11(16)17)9(12)7(5)10(14)15/h5,7,12H,4H2,1-3H3,(H,14,15)(H,16,17). The van der Waals surface area contributed by atoms with Gasteiger partial charge in [0.25, 0.3) is 0 Å². The SMILES string of the molecule is CC1CC(N(C)C)=C(C(=O)O)C(=N)C1C(=O)O. The van der Waals surface area contributed by atoms with Gasteiger partial charge in [-0.15, -0.1) is 0 Å². The summed E-state index contributed by atoms with van der Waals surface area (Å²) in [6, 6.07) is 0. The molecule has 6 heteroatoms. The minimum Gasteiger partial charge on any atom is -0.481 e. The monoisotopic (exact) mass is 240 g/mol. The van der Waals surface area contributed by atoms with Gasteiger partial charge >= 0.3 is 11.9 Å². The van der Waals surface area contributed by atoms with Crippen molar-refractivity contribution in [1.82, 2.24) is 4.90 Å². The molecule has 0 bridgehead atoms. The molecule has 6 nitrogen and oxygen atoms in total. The van der Waals surface area contributed by atoms with Crippen molar-refractivity contribution < 1.29 is 19.8 Å². The van der Waals surface area contributed by atoms with Crippen LogP contribution in [-0.4, -0.2) is 46.9 Å². The molecule has 0 aliphatic heterocycles. The van der Waals surface area contributed by atoms with Gasteiger partial charge in [0, 0.05) is 19.8 Å². The Bertz CT molecular complexity index is 412. The Morgan fingerprint density at radius 1 is 1.35 bits per heavy atom. The number of aliphatic carboxylic acids is 2. The number of carboxylic acids is 2. The van der Waals surface area contributed by atoms with E-state index >= 15 is 0 Å². The molecule has 1 rings (SSSR count). The van der Waals surface area contributed by atoms with Gasteiger partial charge in [0.1, 0.15) is 11.5 Å². The minimum absolute atomic E-state index is 0.180. The zero-order chi connectivity index (χ0) is 13.3. The maximum Gasteiger partial charge on any atom is 0.339 e. The van der Waals surface area contributed by atoms with Crippen molar-refractivity contribution in [2.45, 2.75) is 13.3 Å². The number of carboxylic acid groups (broad SMARTS) is 2. The highest BCUT2D eigenvalue weighted by Gasteiger charge is 2.40. The third-order valence-corrected chi connectivity index (χ3v) is 2.97. The molecule has 2 unspecified atom stereocenters. The van der Waals surface area contributed by atoms with Gasteiger partial charge in [-0.2, -0.15) is 0 Å². The Morgan fingerprint density at radius 2 is 1.88 bits per heavy atom. The first-order chi connectivity index (χ1) is 7.77. The van der Waals surface area contributed by atoms with Crippen molar-refractivity contribution in [1.29, 1.82) is 5.41 Å². The first-order valence-electron chi connectivity index (χ1n) is 5.22. The third-order valence-electron chi connectivity index (χ3n) is 2.97. The van der Waals surface area contributed by atoms with Crippen LogP contribution in [0.4, 0.5) is 0 Å². The predicted octanol–water partition coefficient (Wildman–Crippen LogP) is 0.647. The number of carbonyl (C=O) groups is 2. The lowest BCUT2D eigenvalue weighted by Gasteiger charge is -2.32. The number of hydrogen-bond donors (Lipinski definition) is 3. The lowest BCUT2D eigenvalue weighted by Crippen LogP contribution is -2.39. The van der Waals surface area contributed by atoms with Crippen LogP contribution in [0.2, 0.25) is 0 Å². The molecule has 3 N–H and O–H groups in total. The summed E-state index contributed by atoms with van der Waals surface area (Å²) in [6.45, 7) is 1.72. The molecule has 0 aromatic carbocycles. The quantitative estimate of drug-likeness (QED) is 0.672. The van der Waals surface area contributed by atoms with Crippen LogP contribution in [0.5, 0.6) is 0 Å². The fourth-order valence-corrected chi connectivity index (χ4v) is 2.13. The number of hydrogen-bond acceptors (Lipinski definition) is 4. The van der Waals surface area contributed by atoms with Gasteiger partial charge in [0.2, 0.25) is 0 Å². The van der Waals surface area contributed by atoms with E-state index in [9.17, 15) is 9.59 Å². The average Bonchev–Trinajstić information content (AvgIpc) is 2.14. The second-order valence-corrected chi connectivity index (χ2v) is 4.43. The largest absolute Gasteiger partial charge is 0.481 e. The molecule has 0 fully saturated rings. The Kier molecular flexibility index (Phi) is 3.55. The van der Waals surface area contributed by atoms with Crippen LogP contribution in [0.1, 0.15) is 13.3 Å².